The van der Waals surface area contributed by atoms with Crippen molar-refractivity contribution in [3.8, 4) is 0 Å². The van der Waals surface area contributed by atoms with Gasteiger partial charge in [-0.1, -0.05) is 36.4 Å². The van der Waals surface area contributed by atoms with Crippen molar-refractivity contribution in [3.05, 3.63) is 64.6 Å². The molecule has 0 saturated carbocycles. The molecule has 3 aromatic rings. The molecule has 1 aromatic heterocycles. The van der Waals surface area contributed by atoms with Crippen LogP contribution < -0.4 is 5.32 Å². The van der Waals surface area contributed by atoms with Crippen LogP contribution in [0.1, 0.15) is 28.2 Å². The monoisotopic (exact) mass is 365 g/mol. The van der Waals surface area contributed by atoms with E-state index in [1.165, 1.54) is 17.8 Å². The van der Waals surface area contributed by atoms with Gasteiger partial charge < -0.3 is 5.32 Å². The summed E-state index contributed by atoms with van der Waals surface area (Å²) in [5.41, 5.74) is 0.763. The van der Waals surface area contributed by atoms with Crippen LogP contribution in [0.5, 0.6) is 0 Å². The molecule has 4 nitrogen and oxygen atoms in total. The van der Waals surface area contributed by atoms with Crippen molar-refractivity contribution < 1.29 is 4.79 Å². The first-order chi connectivity index (χ1) is 12.8. The number of piperidine rings is 1. The fourth-order valence-corrected chi connectivity index (χ4v) is 4.40. The minimum atomic E-state index is 0.0267. The lowest BCUT2D eigenvalue weighted by Crippen LogP contribution is -2.40. The minimum absolute atomic E-state index is 0.0267. The number of carbonyl (C=O) groups excluding carboxylic acids is 1. The van der Waals surface area contributed by atoms with Crippen LogP contribution in [0, 0.1) is 5.92 Å². The quantitative estimate of drug-likeness (QED) is 0.745. The Balaban J connectivity index is 1.36. The Morgan fingerprint density at radius 2 is 2.12 bits per heavy atom. The summed E-state index contributed by atoms with van der Waals surface area (Å²) in [5, 5.41) is 8.48. The molecule has 5 heteroatoms. The zero-order chi connectivity index (χ0) is 17.8. The van der Waals surface area contributed by atoms with Crippen LogP contribution in [-0.4, -0.2) is 35.4 Å². The molecule has 0 bridgehead atoms. The largest absolute Gasteiger partial charge is 0.352 e. The van der Waals surface area contributed by atoms with Gasteiger partial charge in [-0.15, -0.1) is 11.3 Å². The van der Waals surface area contributed by atoms with E-state index in [0.29, 0.717) is 5.92 Å². The minimum Gasteiger partial charge on any atom is -0.352 e. The van der Waals surface area contributed by atoms with Crippen molar-refractivity contribution in [2.45, 2.75) is 19.4 Å². The van der Waals surface area contributed by atoms with Gasteiger partial charge >= 0.3 is 0 Å². The lowest BCUT2D eigenvalue weighted by atomic mass is 9.97. The third-order valence-corrected chi connectivity index (χ3v) is 5.80. The molecule has 26 heavy (non-hydrogen) atoms. The number of nitrogens with one attached hydrogen (secondary N) is 1. The molecule has 2 heterocycles. The van der Waals surface area contributed by atoms with E-state index < -0.39 is 0 Å². The van der Waals surface area contributed by atoms with E-state index in [0.717, 1.165) is 42.5 Å². The summed E-state index contributed by atoms with van der Waals surface area (Å²) in [4.78, 5) is 19.5. The Morgan fingerprint density at radius 1 is 1.23 bits per heavy atom. The molecule has 1 aliphatic rings. The number of benzene rings is 2. The van der Waals surface area contributed by atoms with Gasteiger partial charge in [0.25, 0.3) is 5.91 Å². The average molecular weight is 366 g/mol. The summed E-state index contributed by atoms with van der Waals surface area (Å²) >= 11 is 1.71. The van der Waals surface area contributed by atoms with Crippen LogP contribution in [0.3, 0.4) is 0 Å². The number of thiazole rings is 1. The summed E-state index contributed by atoms with van der Waals surface area (Å²) in [5.74, 6) is 0.529. The van der Waals surface area contributed by atoms with Gasteiger partial charge in [0.2, 0.25) is 0 Å². The van der Waals surface area contributed by atoms with Gasteiger partial charge in [0.05, 0.1) is 6.54 Å². The van der Waals surface area contributed by atoms with E-state index in [2.05, 4.69) is 15.2 Å². The molecule has 1 saturated heterocycles. The molecule has 0 spiro atoms. The molecule has 0 aliphatic carbocycles. The van der Waals surface area contributed by atoms with E-state index in [1.807, 2.05) is 54.0 Å². The van der Waals surface area contributed by atoms with Crippen LogP contribution >= 0.6 is 11.3 Å². The van der Waals surface area contributed by atoms with Gasteiger partial charge in [0, 0.05) is 30.2 Å². The van der Waals surface area contributed by atoms with Crippen LogP contribution in [0.15, 0.2) is 54.0 Å². The molecule has 2 aromatic carbocycles. The number of likely N-dealkylation sites (tertiary alicyclic amines) is 1. The maximum atomic E-state index is 12.7. The van der Waals surface area contributed by atoms with E-state index in [9.17, 15) is 4.79 Å². The molecule has 1 N–H and O–H groups in total. The molecular weight excluding hydrogens is 342 g/mol. The topological polar surface area (TPSA) is 45.2 Å². The van der Waals surface area contributed by atoms with Crippen molar-refractivity contribution in [3.63, 3.8) is 0 Å². The zero-order valence-electron chi connectivity index (χ0n) is 14.7. The molecule has 0 radical (unpaired) electrons. The van der Waals surface area contributed by atoms with Gasteiger partial charge in [0.1, 0.15) is 5.01 Å². The van der Waals surface area contributed by atoms with Crippen molar-refractivity contribution in [1.29, 1.82) is 0 Å². The molecule has 1 amide bonds. The SMILES string of the molecule is O=C(NC[C@@H]1CCCN(Cc2nccs2)C1)c1cccc2ccccc12. The van der Waals surface area contributed by atoms with Crippen molar-refractivity contribution in [2.75, 3.05) is 19.6 Å². The second kappa shape index (κ2) is 7.98. The van der Waals surface area contributed by atoms with Gasteiger partial charge in [0.15, 0.2) is 0 Å². The van der Waals surface area contributed by atoms with E-state index in [1.54, 1.807) is 11.3 Å². The number of hydrogen-bond donors (Lipinski definition) is 1. The molecule has 0 unspecified atom stereocenters. The smallest absolute Gasteiger partial charge is 0.251 e. The predicted molar refractivity (Wildman–Crippen MR) is 106 cm³/mol. The second-order valence-corrected chi connectivity index (χ2v) is 7.89. The first-order valence-corrected chi connectivity index (χ1v) is 10.0. The second-order valence-electron chi connectivity index (χ2n) is 6.91. The molecule has 1 atom stereocenters. The summed E-state index contributed by atoms with van der Waals surface area (Å²) in [6.07, 6.45) is 4.22. The van der Waals surface area contributed by atoms with Crippen LogP contribution in [0.4, 0.5) is 0 Å². The highest BCUT2D eigenvalue weighted by Crippen LogP contribution is 2.20. The number of fused-ring (bicyclic) bond motifs is 1. The summed E-state index contributed by atoms with van der Waals surface area (Å²) < 4.78 is 0. The zero-order valence-corrected chi connectivity index (χ0v) is 15.5. The number of aromatic nitrogens is 1. The third kappa shape index (κ3) is 3.94. The lowest BCUT2D eigenvalue weighted by molar-refractivity contribution is 0.0932. The Bertz CT molecular complexity index is 873. The maximum absolute atomic E-state index is 12.7. The highest BCUT2D eigenvalue weighted by molar-refractivity contribution is 7.09. The highest BCUT2D eigenvalue weighted by Gasteiger charge is 2.21. The van der Waals surface area contributed by atoms with E-state index in [-0.39, 0.29) is 5.91 Å². The van der Waals surface area contributed by atoms with Crippen molar-refractivity contribution in [2.24, 2.45) is 5.92 Å². The van der Waals surface area contributed by atoms with Gasteiger partial charge in [-0.3, -0.25) is 9.69 Å². The third-order valence-electron chi connectivity index (χ3n) is 5.03. The molecule has 1 fully saturated rings. The van der Waals surface area contributed by atoms with Crippen molar-refractivity contribution in [1.82, 2.24) is 15.2 Å². The summed E-state index contributed by atoms with van der Waals surface area (Å²) in [7, 11) is 0. The first kappa shape index (κ1) is 17.2. The number of nitrogens with zero attached hydrogens (tertiary/aromatic N) is 2. The van der Waals surface area contributed by atoms with Crippen LogP contribution in [0.2, 0.25) is 0 Å². The Labute approximate surface area is 157 Å². The van der Waals surface area contributed by atoms with Gasteiger partial charge in [-0.2, -0.15) is 0 Å². The fraction of sp³-hybridized carbons (Fsp3) is 0.333. The highest BCUT2D eigenvalue weighted by atomic mass is 32.1. The average Bonchev–Trinajstić information content (AvgIpc) is 3.19. The molecule has 134 valence electrons. The van der Waals surface area contributed by atoms with Gasteiger partial charge in [-0.25, -0.2) is 4.98 Å². The summed E-state index contributed by atoms with van der Waals surface area (Å²) in [6.45, 7) is 3.80. The Morgan fingerprint density at radius 3 is 3.00 bits per heavy atom. The standard InChI is InChI=1S/C21H23N3OS/c25-21(19-9-3-7-17-6-1-2-8-18(17)19)23-13-16-5-4-11-24(14-16)15-20-22-10-12-26-20/h1-3,6-10,12,16H,4-5,11,13-15H2,(H,23,25)/t16-/m0/s1. The number of carbonyl (C=O) groups is 1. The van der Waals surface area contributed by atoms with Gasteiger partial charge in [-0.05, 0) is 42.1 Å². The van der Waals surface area contributed by atoms with Crippen molar-refractivity contribution >= 4 is 28.0 Å². The van der Waals surface area contributed by atoms with Crippen LogP contribution in [-0.2, 0) is 6.54 Å². The fourth-order valence-electron chi connectivity index (χ4n) is 3.74. The lowest BCUT2D eigenvalue weighted by Gasteiger charge is -2.32. The molecule has 4 rings (SSSR count). The predicted octanol–water partition coefficient (Wildman–Crippen LogP) is 3.94. The summed E-state index contributed by atoms with van der Waals surface area (Å²) in [6, 6.07) is 14.0. The Hall–Kier alpha value is -2.24. The molecule has 1 aliphatic heterocycles. The van der Waals surface area contributed by atoms with Crippen LogP contribution in [0.25, 0.3) is 10.8 Å². The Kier molecular flexibility index (Phi) is 5.27. The number of rotatable bonds is 5. The van der Waals surface area contributed by atoms with E-state index in [4.69, 9.17) is 0 Å². The maximum Gasteiger partial charge on any atom is 0.251 e. The van der Waals surface area contributed by atoms with E-state index >= 15 is 0 Å². The first-order valence-electron chi connectivity index (χ1n) is 9.16. The molecular formula is C21H23N3OS. The number of amides is 1. The normalized spacial score (nSPS) is 18.1. The number of hydrogen-bond acceptors (Lipinski definition) is 4.